The summed E-state index contributed by atoms with van der Waals surface area (Å²) in [6.45, 7) is 3.67. The van der Waals surface area contributed by atoms with Gasteiger partial charge < -0.3 is 10.0 Å². The first-order chi connectivity index (χ1) is 10.0. The molecule has 4 nitrogen and oxygen atoms in total. The zero-order valence-electron chi connectivity index (χ0n) is 12.5. The van der Waals surface area contributed by atoms with Crippen molar-refractivity contribution in [3.05, 3.63) is 65.5 Å². The van der Waals surface area contributed by atoms with E-state index in [1.54, 1.807) is 13.1 Å². The molecule has 0 fully saturated rings. The van der Waals surface area contributed by atoms with Crippen molar-refractivity contribution in [3.8, 4) is 0 Å². The Morgan fingerprint density at radius 1 is 1.14 bits per heavy atom. The molecule has 0 aliphatic heterocycles. The highest BCUT2D eigenvalue weighted by Gasteiger charge is 2.25. The second-order valence-corrected chi connectivity index (χ2v) is 5.18. The van der Waals surface area contributed by atoms with Crippen LogP contribution in [0.25, 0.3) is 0 Å². The van der Waals surface area contributed by atoms with Gasteiger partial charge >= 0.3 is 0 Å². The van der Waals surface area contributed by atoms with Crippen LogP contribution in [0, 0.1) is 6.92 Å². The fraction of sp³-hybridized carbons (Fsp3) is 0.294. The molecule has 4 heteroatoms. The highest BCUT2D eigenvalue weighted by Crippen LogP contribution is 2.20. The summed E-state index contributed by atoms with van der Waals surface area (Å²) in [5.41, 5.74) is 1.98. The summed E-state index contributed by atoms with van der Waals surface area (Å²) >= 11 is 0. The minimum Gasteiger partial charge on any atom is -0.386 e. The normalized spacial score (nSPS) is 13.5. The van der Waals surface area contributed by atoms with Crippen molar-refractivity contribution in [2.75, 3.05) is 7.05 Å². The van der Waals surface area contributed by atoms with Gasteiger partial charge in [0, 0.05) is 12.7 Å². The molecule has 2 rings (SSSR count). The molecule has 2 aromatic rings. The number of carbonyl (C=O) groups excluding carboxylic acids is 1. The standard InChI is InChI=1S/C17H20N2O2/c1-12-8-7-11-15(18-12)17(21)19(3)13(2)16(20)14-9-5-4-6-10-14/h4-11,13,16,20H,1-3H3. The van der Waals surface area contributed by atoms with Gasteiger partial charge in [-0.3, -0.25) is 4.79 Å². The van der Waals surface area contributed by atoms with E-state index in [1.165, 1.54) is 4.90 Å². The number of rotatable bonds is 4. The van der Waals surface area contributed by atoms with Gasteiger partial charge in [-0.15, -0.1) is 0 Å². The number of pyridine rings is 1. The quantitative estimate of drug-likeness (QED) is 0.939. The maximum Gasteiger partial charge on any atom is 0.272 e. The Hall–Kier alpha value is -2.20. The van der Waals surface area contributed by atoms with Crippen molar-refractivity contribution in [1.29, 1.82) is 0 Å². The Morgan fingerprint density at radius 2 is 1.81 bits per heavy atom. The van der Waals surface area contributed by atoms with Crippen LogP contribution < -0.4 is 0 Å². The zero-order valence-corrected chi connectivity index (χ0v) is 12.5. The van der Waals surface area contributed by atoms with E-state index in [1.807, 2.05) is 56.3 Å². The van der Waals surface area contributed by atoms with Gasteiger partial charge in [0.05, 0.1) is 12.1 Å². The fourth-order valence-corrected chi connectivity index (χ4v) is 2.17. The first-order valence-corrected chi connectivity index (χ1v) is 6.94. The van der Waals surface area contributed by atoms with Crippen molar-refractivity contribution in [3.63, 3.8) is 0 Å². The Balaban J connectivity index is 2.15. The average molecular weight is 284 g/mol. The molecule has 1 aromatic carbocycles. The molecule has 0 saturated carbocycles. The van der Waals surface area contributed by atoms with Gasteiger partial charge in [-0.25, -0.2) is 4.98 Å². The number of amides is 1. The molecule has 0 radical (unpaired) electrons. The minimum absolute atomic E-state index is 0.193. The number of aliphatic hydroxyl groups excluding tert-OH is 1. The third-order valence-electron chi connectivity index (χ3n) is 3.64. The number of aryl methyl sites for hydroxylation is 1. The van der Waals surface area contributed by atoms with Crippen molar-refractivity contribution in [2.24, 2.45) is 0 Å². The predicted molar refractivity (Wildman–Crippen MR) is 81.9 cm³/mol. The van der Waals surface area contributed by atoms with Gasteiger partial charge in [0.1, 0.15) is 5.69 Å². The lowest BCUT2D eigenvalue weighted by Crippen LogP contribution is -2.39. The van der Waals surface area contributed by atoms with E-state index in [0.29, 0.717) is 5.69 Å². The van der Waals surface area contributed by atoms with Crippen LogP contribution in [0.15, 0.2) is 48.5 Å². The monoisotopic (exact) mass is 284 g/mol. The molecule has 0 bridgehead atoms. The Morgan fingerprint density at radius 3 is 2.43 bits per heavy atom. The predicted octanol–water partition coefficient (Wildman–Crippen LogP) is 2.58. The molecule has 110 valence electrons. The fourth-order valence-electron chi connectivity index (χ4n) is 2.17. The molecular weight excluding hydrogens is 264 g/mol. The van der Waals surface area contributed by atoms with Crippen molar-refractivity contribution < 1.29 is 9.90 Å². The van der Waals surface area contributed by atoms with Gasteiger partial charge in [-0.05, 0) is 31.5 Å². The first kappa shape index (κ1) is 15.2. The maximum atomic E-state index is 12.4. The first-order valence-electron chi connectivity index (χ1n) is 6.94. The third kappa shape index (κ3) is 3.47. The Bertz CT molecular complexity index is 613. The van der Waals surface area contributed by atoms with E-state index >= 15 is 0 Å². The molecule has 0 saturated heterocycles. The molecule has 1 aromatic heterocycles. The number of aromatic nitrogens is 1. The second-order valence-electron chi connectivity index (χ2n) is 5.18. The number of carbonyl (C=O) groups is 1. The highest BCUT2D eigenvalue weighted by molar-refractivity contribution is 5.92. The van der Waals surface area contributed by atoms with Crippen LogP contribution in [0.2, 0.25) is 0 Å². The topological polar surface area (TPSA) is 53.4 Å². The number of likely N-dealkylation sites (N-methyl/N-ethyl adjacent to an activating group) is 1. The minimum atomic E-state index is -0.732. The van der Waals surface area contributed by atoms with E-state index in [9.17, 15) is 9.90 Å². The summed E-state index contributed by atoms with van der Waals surface area (Å²) < 4.78 is 0. The molecule has 2 atom stereocenters. The van der Waals surface area contributed by atoms with Crippen molar-refractivity contribution >= 4 is 5.91 Å². The second kappa shape index (κ2) is 6.50. The lowest BCUT2D eigenvalue weighted by molar-refractivity contribution is 0.0482. The molecule has 21 heavy (non-hydrogen) atoms. The van der Waals surface area contributed by atoms with E-state index in [2.05, 4.69) is 4.98 Å². The van der Waals surface area contributed by atoms with Crippen LogP contribution in [-0.4, -0.2) is 34.0 Å². The molecule has 1 amide bonds. The highest BCUT2D eigenvalue weighted by atomic mass is 16.3. The van der Waals surface area contributed by atoms with Gasteiger partial charge in [-0.2, -0.15) is 0 Å². The van der Waals surface area contributed by atoms with Gasteiger partial charge in [0.15, 0.2) is 0 Å². The number of aliphatic hydroxyl groups is 1. The van der Waals surface area contributed by atoms with Crippen molar-refractivity contribution in [2.45, 2.75) is 26.0 Å². The summed E-state index contributed by atoms with van der Waals surface area (Å²) in [5.74, 6) is -0.193. The number of benzene rings is 1. The van der Waals surface area contributed by atoms with E-state index in [-0.39, 0.29) is 11.9 Å². The average Bonchev–Trinajstić information content (AvgIpc) is 2.53. The summed E-state index contributed by atoms with van der Waals surface area (Å²) in [6, 6.07) is 14.3. The number of hydrogen-bond donors (Lipinski definition) is 1. The van der Waals surface area contributed by atoms with Gasteiger partial charge in [0.25, 0.3) is 5.91 Å². The smallest absolute Gasteiger partial charge is 0.272 e. The Kier molecular flexibility index (Phi) is 4.70. The molecule has 0 aliphatic carbocycles. The summed E-state index contributed by atoms with van der Waals surface area (Å²) in [6.07, 6.45) is -0.732. The lowest BCUT2D eigenvalue weighted by Gasteiger charge is -2.29. The number of hydrogen-bond acceptors (Lipinski definition) is 3. The Labute approximate surface area is 125 Å². The van der Waals surface area contributed by atoms with E-state index in [0.717, 1.165) is 11.3 Å². The maximum absolute atomic E-state index is 12.4. The molecule has 1 N–H and O–H groups in total. The van der Waals surface area contributed by atoms with E-state index in [4.69, 9.17) is 0 Å². The summed E-state index contributed by atoms with van der Waals surface area (Å²) in [5, 5.41) is 10.4. The SMILES string of the molecule is Cc1cccc(C(=O)N(C)C(C)C(O)c2ccccc2)n1. The van der Waals surface area contributed by atoms with Crippen LogP contribution >= 0.6 is 0 Å². The van der Waals surface area contributed by atoms with Crippen LogP contribution in [-0.2, 0) is 0 Å². The summed E-state index contributed by atoms with van der Waals surface area (Å²) in [4.78, 5) is 18.2. The van der Waals surface area contributed by atoms with E-state index < -0.39 is 6.10 Å². The molecule has 2 unspecified atom stereocenters. The zero-order chi connectivity index (χ0) is 15.4. The van der Waals surface area contributed by atoms with Gasteiger partial charge in [-0.1, -0.05) is 36.4 Å². The van der Waals surface area contributed by atoms with Crippen molar-refractivity contribution in [1.82, 2.24) is 9.88 Å². The van der Waals surface area contributed by atoms with Crippen LogP contribution in [0.4, 0.5) is 0 Å². The largest absolute Gasteiger partial charge is 0.386 e. The van der Waals surface area contributed by atoms with Crippen LogP contribution in [0.5, 0.6) is 0 Å². The molecule has 0 aliphatic rings. The molecule has 1 heterocycles. The van der Waals surface area contributed by atoms with Gasteiger partial charge in [0.2, 0.25) is 0 Å². The summed E-state index contributed by atoms with van der Waals surface area (Å²) in [7, 11) is 1.68. The number of nitrogens with zero attached hydrogens (tertiary/aromatic N) is 2. The molecule has 0 spiro atoms. The third-order valence-corrected chi connectivity index (χ3v) is 3.64. The lowest BCUT2D eigenvalue weighted by atomic mass is 10.0. The molecular formula is C17H20N2O2. The van der Waals surface area contributed by atoms with Crippen LogP contribution in [0.3, 0.4) is 0 Å². The van der Waals surface area contributed by atoms with Crippen LogP contribution in [0.1, 0.15) is 34.8 Å².